The molecule has 2 aromatic heterocycles. The third-order valence-electron chi connectivity index (χ3n) is 5.14. The quantitative estimate of drug-likeness (QED) is 0.211. The molecule has 0 bridgehead atoms. The van der Waals surface area contributed by atoms with Crippen LogP contribution in [-0.2, 0) is 6.42 Å². The molecular formula is C24H17IN4OS. The third-order valence-corrected chi connectivity index (χ3v) is 6.88. The molecule has 0 atom stereocenters. The topological polar surface area (TPSA) is 63.6 Å². The highest BCUT2D eigenvalue weighted by molar-refractivity contribution is 14.2. The van der Waals surface area contributed by atoms with Crippen LogP contribution in [0.1, 0.15) is 27.3 Å². The first-order valence-electron chi connectivity index (χ1n) is 9.72. The Morgan fingerprint density at radius 1 is 0.935 bits per heavy atom. The number of hydrogen-bond donors (Lipinski definition) is 1. The molecule has 0 fully saturated rings. The predicted octanol–water partition coefficient (Wildman–Crippen LogP) is 6.09. The van der Waals surface area contributed by atoms with Crippen molar-refractivity contribution in [3.8, 4) is 11.4 Å². The number of carbonyl (C=O) groups is 1. The molecule has 0 aliphatic rings. The van der Waals surface area contributed by atoms with Crippen molar-refractivity contribution in [1.29, 1.82) is 0 Å². The van der Waals surface area contributed by atoms with Crippen LogP contribution in [0.5, 0.6) is 0 Å². The number of H-pyrrole nitrogens is 1. The fourth-order valence-electron chi connectivity index (χ4n) is 3.59. The molecule has 0 aliphatic heterocycles. The molecule has 3 aromatic carbocycles. The van der Waals surface area contributed by atoms with Gasteiger partial charge in [0, 0.05) is 65.0 Å². The average Bonchev–Trinajstić information content (AvgIpc) is 3.46. The maximum absolute atomic E-state index is 13.1. The van der Waals surface area contributed by atoms with Crippen molar-refractivity contribution < 1.29 is 4.79 Å². The Hall–Kier alpha value is -2.91. The van der Waals surface area contributed by atoms with Crippen LogP contribution in [0.15, 0.2) is 85.1 Å². The highest BCUT2D eigenvalue weighted by Crippen LogP contribution is 2.27. The van der Waals surface area contributed by atoms with Gasteiger partial charge in [0.05, 0.1) is 5.52 Å². The van der Waals surface area contributed by atoms with E-state index in [1.165, 1.54) is 5.56 Å². The molecule has 7 heteroatoms. The molecule has 0 saturated heterocycles. The number of rotatable bonds is 6. The van der Waals surface area contributed by atoms with Crippen LogP contribution >= 0.6 is 30.3 Å². The van der Waals surface area contributed by atoms with Crippen LogP contribution in [0.25, 0.3) is 22.3 Å². The Balaban J connectivity index is 1.41. The summed E-state index contributed by atoms with van der Waals surface area (Å²) in [6.07, 6.45) is 2.69. The molecule has 0 radical (unpaired) electrons. The molecular weight excluding hydrogens is 519 g/mol. The largest absolute Gasteiger partial charge is 0.325 e. The number of ketones is 1. The zero-order chi connectivity index (χ0) is 21.2. The first-order valence-corrected chi connectivity index (χ1v) is 13.0. The van der Waals surface area contributed by atoms with Crippen LogP contribution in [0.3, 0.4) is 0 Å². The first-order chi connectivity index (χ1) is 15.2. The number of carbonyl (C=O) groups excluding carboxylic acids is 1. The van der Waals surface area contributed by atoms with Gasteiger partial charge >= 0.3 is 0 Å². The Morgan fingerprint density at radius 3 is 2.61 bits per heavy atom. The van der Waals surface area contributed by atoms with Gasteiger partial charge in [-0.05, 0) is 35.9 Å². The van der Waals surface area contributed by atoms with E-state index >= 15 is 0 Å². The molecule has 2 heterocycles. The van der Waals surface area contributed by atoms with E-state index in [1.54, 1.807) is 9.12 Å². The van der Waals surface area contributed by atoms with E-state index in [-0.39, 0.29) is 5.78 Å². The van der Waals surface area contributed by atoms with E-state index in [0.29, 0.717) is 23.4 Å². The molecule has 0 aliphatic carbocycles. The van der Waals surface area contributed by atoms with E-state index in [1.807, 2.05) is 72.9 Å². The van der Waals surface area contributed by atoms with Crippen molar-refractivity contribution in [3.05, 3.63) is 108 Å². The summed E-state index contributed by atoms with van der Waals surface area (Å²) in [5.74, 6) is 1.44. The predicted molar refractivity (Wildman–Crippen MR) is 133 cm³/mol. The number of nitrogens with zero attached hydrogens (tertiary/aromatic N) is 3. The number of halogens is 1. The maximum Gasteiger partial charge on any atom is 0.193 e. The zero-order valence-electron chi connectivity index (χ0n) is 16.3. The Labute approximate surface area is 195 Å². The highest BCUT2D eigenvalue weighted by atomic mass is 127. The lowest BCUT2D eigenvalue weighted by Crippen LogP contribution is -2.01. The molecule has 5 rings (SSSR count). The van der Waals surface area contributed by atoms with E-state index in [9.17, 15) is 4.79 Å². The number of fused-ring (bicyclic) bond motifs is 1. The summed E-state index contributed by atoms with van der Waals surface area (Å²) < 4.78 is 2.07. The van der Waals surface area contributed by atoms with E-state index in [2.05, 4.69) is 52.5 Å². The van der Waals surface area contributed by atoms with Crippen molar-refractivity contribution >= 4 is 47.0 Å². The van der Waals surface area contributed by atoms with Crippen LogP contribution in [0.2, 0.25) is 0 Å². The summed E-state index contributed by atoms with van der Waals surface area (Å²) in [6.45, 7) is 0. The molecule has 5 aromatic rings. The number of nitrogens with one attached hydrogen (secondary N) is 1. The second-order valence-electron chi connectivity index (χ2n) is 7.18. The molecule has 5 nitrogen and oxygen atoms in total. The third kappa shape index (κ3) is 4.15. The number of benzene rings is 3. The van der Waals surface area contributed by atoms with Gasteiger partial charge < -0.3 is 4.98 Å². The van der Waals surface area contributed by atoms with Gasteiger partial charge in [0.15, 0.2) is 11.6 Å². The Morgan fingerprint density at radius 2 is 1.77 bits per heavy atom. The SMILES string of the molecule is O=C(c1cccc(-c2nnc(Cc3ccccc3)[nH]2)c1)c1ccc2c(ccn2SI)c1. The first kappa shape index (κ1) is 20.0. The smallest absolute Gasteiger partial charge is 0.193 e. The lowest BCUT2D eigenvalue weighted by atomic mass is 10.00. The minimum absolute atomic E-state index is 0.0114. The number of aromatic amines is 1. The lowest BCUT2D eigenvalue weighted by molar-refractivity contribution is 0.103. The lowest BCUT2D eigenvalue weighted by Gasteiger charge is -2.05. The Bertz CT molecular complexity index is 1380. The summed E-state index contributed by atoms with van der Waals surface area (Å²) in [4.78, 5) is 16.4. The summed E-state index contributed by atoms with van der Waals surface area (Å²) in [5, 5.41) is 9.60. The van der Waals surface area contributed by atoms with Gasteiger partial charge in [0.2, 0.25) is 0 Å². The molecule has 0 spiro atoms. The van der Waals surface area contributed by atoms with Gasteiger partial charge in [-0.1, -0.05) is 48.5 Å². The van der Waals surface area contributed by atoms with Crippen molar-refractivity contribution in [2.75, 3.05) is 0 Å². The van der Waals surface area contributed by atoms with E-state index < -0.39 is 0 Å². The standard InChI is InChI=1S/C24H17IN4OS/c25-31-29-12-11-17-14-19(9-10-21(17)29)23(30)18-7-4-8-20(15-18)24-26-22(27-28-24)13-16-5-2-1-3-6-16/h1-12,14-15H,13H2,(H,26,27,28). The second-order valence-corrected chi connectivity index (χ2v) is 8.89. The summed E-state index contributed by atoms with van der Waals surface area (Å²) >= 11 is 2.24. The van der Waals surface area contributed by atoms with Crippen LogP contribution in [0, 0.1) is 0 Å². The van der Waals surface area contributed by atoms with Crippen molar-refractivity contribution in [2.24, 2.45) is 0 Å². The zero-order valence-corrected chi connectivity index (χ0v) is 19.3. The molecule has 0 amide bonds. The number of aromatic nitrogens is 4. The Kier molecular flexibility index (Phi) is 5.61. The summed E-state index contributed by atoms with van der Waals surface area (Å²) in [5.41, 5.74) is 4.39. The van der Waals surface area contributed by atoms with Crippen LogP contribution in [0.4, 0.5) is 0 Å². The van der Waals surface area contributed by atoms with Crippen LogP contribution < -0.4 is 0 Å². The minimum atomic E-state index is -0.0114. The number of hydrogen-bond acceptors (Lipinski definition) is 4. The highest BCUT2D eigenvalue weighted by Gasteiger charge is 2.13. The second kappa shape index (κ2) is 8.68. The van der Waals surface area contributed by atoms with Crippen molar-refractivity contribution in [1.82, 2.24) is 19.2 Å². The normalized spacial score (nSPS) is 11.1. The van der Waals surface area contributed by atoms with Gasteiger partial charge in [-0.25, -0.2) is 0 Å². The van der Waals surface area contributed by atoms with Crippen LogP contribution in [-0.4, -0.2) is 24.9 Å². The van der Waals surface area contributed by atoms with E-state index in [4.69, 9.17) is 0 Å². The maximum atomic E-state index is 13.1. The average molecular weight is 536 g/mol. The molecule has 0 saturated carbocycles. The molecule has 1 N–H and O–H groups in total. The van der Waals surface area contributed by atoms with Gasteiger partial charge in [-0.15, -0.1) is 10.2 Å². The fraction of sp³-hybridized carbons (Fsp3) is 0.0417. The molecule has 0 unspecified atom stereocenters. The van der Waals surface area contributed by atoms with Crippen molar-refractivity contribution in [3.63, 3.8) is 0 Å². The minimum Gasteiger partial charge on any atom is -0.325 e. The van der Waals surface area contributed by atoms with Gasteiger partial charge in [0.1, 0.15) is 5.82 Å². The summed E-state index contributed by atoms with van der Waals surface area (Å²) in [7, 11) is 1.60. The van der Waals surface area contributed by atoms with Gasteiger partial charge in [-0.2, -0.15) is 0 Å². The van der Waals surface area contributed by atoms with Gasteiger partial charge in [-0.3, -0.25) is 8.77 Å². The van der Waals surface area contributed by atoms with Gasteiger partial charge in [0.25, 0.3) is 0 Å². The van der Waals surface area contributed by atoms with E-state index in [0.717, 1.165) is 22.3 Å². The summed E-state index contributed by atoms with van der Waals surface area (Å²) in [6, 6.07) is 25.5. The van der Waals surface area contributed by atoms with Crippen molar-refractivity contribution in [2.45, 2.75) is 6.42 Å². The molecule has 152 valence electrons. The monoisotopic (exact) mass is 536 g/mol. The molecule has 31 heavy (non-hydrogen) atoms. The fourth-order valence-corrected chi connectivity index (χ4v) is 4.97.